The van der Waals surface area contributed by atoms with Crippen LogP contribution in [-0.2, 0) is 0 Å². The summed E-state index contributed by atoms with van der Waals surface area (Å²) in [5, 5.41) is 0.418. The van der Waals surface area contributed by atoms with E-state index >= 15 is 0 Å². The molecule has 2 aromatic rings. The third kappa shape index (κ3) is 2.77. The SMILES string of the molecule is C=CCOc1ccccc1-c1cc(C(N)=O)c(N)s1. The number of hydrogen-bond donors (Lipinski definition) is 2. The number of nitrogens with two attached hydrogens (primary N) is 2. The number of para-hydroxylation sites is 1. The number of anilines is 1. The monoisotopic (exact) mass is 274 g/mol. The van der Waals surface area contributed by atoms with E-state index in [2.05, 4.69) is 6.58 Å². The van der Waals surface area contributed by atoms with E-state index in [9.17, 15) is 4.79 Å². The van der Waals surface area contributed by atoms with Crippen molar-refractivity contribution >= 4 is 22.2 Å². The van der Waals surface area contributed by atoms with E-state index in [4.69, 9.17) is 16.2 Å². The second kappa shape index (κ2) is 5.58. The van der Waals surface area contributed by atoms with Crippen LogP contribution in [0.3, 0.4) is 0 Å². The maximum Gasteiger partial charge on any atom is 0.251 e. The highest BCUT2D eigenvalue weighted by Crippen LogP contribution is 2.38. The van der Waals surface area contributed by atoms with Crippen LogP contribution in [0.25, 0.3) is 10.4 Å². The van der Waals surface area contributed by atoms with Gasteiger partial charge in [-0.15, -0.1) is 11.3 Å². The number of carbonyl (C=O) groups excluding carboxylic acids is 1. The van der Waals surface area contributed by atoms with E-state index in [1.54, 1.807) is 12.1 Å². The highest BCUT2D eigenvalue weighted by Gasteiger charge is 2.14. The van der Waals surface area contributed by atoms with Crippen molar-refractivity contribution in [3.05, 3.63) is 48.6 Å². The van der Waals surface area contributed by atoms with Crippen LogP contribution in [0.5, 0.6) is 5.75 Å². The number of carbonyl (C=O) groups is 1. The molecule has 0 fully saturated rings. The molecule has 1 heterocycles. The summed E-state index contributed by atoms with van der Waals surface area (Å²) in [6.45, 7) is 4.03. The van der Waals surface area contributed by atoms with Gasteiger partial charge in [0.15, 0.2) is 0 Å². The lowest BCUT2D eigenvalue weighted by Crippen LogP contribution is -2.11. The van der Waals surface area contributed by atoms with Crippen molar-refractivity contribution in [3.63, 3.8) is 0 Å². The molecule has 0 atom stereocenters. The topological polar surface area (TPSA) is 78.3 Å². The van der Waals surface area contributed by atoms with Crippen LogP contribution >= 0.6 is 11.3 Å². The Morgan fingerprint density at radius 2 is 2.16 bits per heavy atom. The fraction of sp³-hybridized carbons (Fsp3) is 0.0714. The summed E-state index contributed by atoms with van der Waals surface area (Å²) in [5.74, 6) is 0.198. The zero-order chi connectivity index (χ0) is 13.8. The molecule has 98 valence electrons. The lowest BCUT2D eigenvalue weighted by molar-refractivity contribution is 0.100. The molecule has 0 aliphatic carbocycles. The number of thiophene rings is 1. The largest absolute Gasteiger partial charge is 0.489 e. The van der Waals surface area contributed by atoms with Crippen molar-refractivity contribution in [3.8, 4) is 16.2 Å². The van der Waals surface area contributed by atoms with Crippen LogP contribution in [0, 0.1) is 0 Å². The molecule has 0 spiro atoms. The van der Waals surface area contributed by atoms with Crippen LogP contribution in [0.2, 0.25) is 0 Å². The fourth-order valence-corrected chi connectivity index (χ4v) is 2.64. The van der Waals surface area contributed by atoms with Gasteiger partial charge in [0.25, 0.3) is 5.91 Å². The number of hydrogen-bond acceptors (Lipinski definition) is 4. The molecule has 5 heteroatoms. The Morgan fingerprint density at radius 1 is 1.42 bits per heavy atom. The van der Waals surface area contributed by atoms with Gasteiger partial charge in [-0.3, -0.25) is 4.79 Å². The molecule has 4 nitrogen and oxygen atoms in total. The molecule has 1 aromatic heterocycles. The molecule has 19 heavy (non-hydrogen) atoms. The van der Waals surface area contributed by atoms with E-state index in [0.29, 0.717) is 17.2 Å². The summed E-state index contributed by atoms with van der Waals surface area (Å²) in [5.41, 5.74) is 12.3. The third-order valence-corrected chi connectivity index (χ3v) is 3.53. The van der Waals surface area contributed by atoms with Gasteiger partial charge in [0, 0.05) is 10.4 Å². The third-order valence-electron chi connectivity index (χ3n) is 2.54. The van der Waals surface area contributed by atoms with Crippen LogP contribution in [0.15, 0.2) is 43.0 Å². The Balaban J connectivity index is 2.43. The summed E-state index contributed by atoms with van der Waals surface area (Å²) >= 11 is 1.31. The van der Waals surface area contributed by atoms with E-state index in [-0.39, 0.29) is 0 Å². The summed E-state index contributed by atoms with van der Waals surface area (Å²) in [6.07, 6.45) is 1.68. The Morgan fingerprint density at radius 3 is 2.79 bits per heavy atom. The molecule has 2 rings (SSSR count). The number of nitrogen functional groups attached to an aromatic ring is 1. The molecule has 0 aliphatic rings. The Kier molecular flexibility index (Phi) is 3.87. The van der Waals surface area contributed by atoms with Crippen molar-refractivity contribution in [2.45, 2.75) is 0 Å². The van der Waals surface area contributed by atoms with Crippen molar-refractivity contribution in [2.24, 2.45) is 5.73 Å². The second-order valence-electron chi connectivity index (χ2n) is 3.85. The van der Waals surface area contributed by atoms with Crippen molar-refractivity contribution < 1.29 is 9.53 Å². The highest BCUT2D eigenvalue weighted by molar-refractivity contribution is 7.19. The Bertz CT molecular complexity index is 620. The maximum absolute atomic E-state index is 11.2. The molecule has 1 amide bonds. The van der Waals surface area contributed by atoms with E-state index in [1.165, 1.54) is 11.3 Å². The minimum atomic E-state index is -0.524. The van der Waals surface area contributed by atoms with E-state index in [0.717, 1.165) is 16.2 Å². The molecule has 0 bridgehead atoms. The average Bonchev–Trinajstić information content (AvgIpc) is 2.79. The van der Waals surface area contributed by atoms with Crippen LogP contribution in [0.4, 0.5) is 5.00 Å². The Hall–Kier alpha value is -2.27. The summed E-state index contributed by atoms with van der Waals surface area (Å²) in [4.78, 5) is 12.1. The molecule has 0 aliphatic heterocycles. The molecule has 4 N–H and O–H groups in total. The average molecular weight is 274 g/mol. The van der Waals surface area contributed by atoms with E-state index < -0.39 is 5.91 Å². The van der Waals surface area contributed by atoms with Crippen molar-refractivity contribution in [1.29, 1.82) is 0 Å². The standard InChI is InChI=1S/C14H14N2O2S/c1-2-7-18-11-6-4-3-5-9(11)12-8-10(13(15)17)14(16)19-12/h2-6,8H,1,7,16H2,(H2,15,17). The van der Waals surface area contributed by atoms with Gasteiger partial charge < -0.3 is 16.2 Å². The van der Waals surface area contributed by atoms with Crippen LogP contribution < -0.4 is 16.2 Å². The quantitative estimate of drug-likeness (QED) is 0.823. The smallest absolute Gasteiger partial charge is 0.251 e. The van der Waals surface area contributed by atoms with Crippen LogP contribution in [-0.4, -0.2) is 12.5 Å². The molecule has 1 aromatic carbocycles. The molecular formula is C14H14N2O2S. The van der Waals surface area contributed by atoms with Gasteiger partial charge >= 0.3 is 0 Å². The second-order valence-corrected chi connectivity index (χ2v) is 4.93. The predicted octanol–water partition coefficient (Wildman–Crippen LogP) is 2.66. The molecule has 0 radical (unpaired) electrons. The van der Waals surface area contributed by atoms with Gasteiger partial charge in [0.2, 0.25) is 0 Å². The lowest BCUT2D eigenvalue weighted by atomic mass is 10.1. The van der Waals surface area contributed by atoms with Gasteiger partial charge in [-0.2, -0.15) is 0 Å². The van der Waals surface area contributed by atoms with Gasteiger partial charge in [0.1, 0.15) is 12.4 Å². The zero-order valence-electron chi connectivity index (χ0n) is 10.3. The number of rotatable bonds is 5. The molecule has 0 saturated carbocycles. The Labute approximate surface area is 115 Å². The van der Waals surface area contributed by atoms with Gasteiger partial charge in [-0.1, -0.05) is 24.8 Å². The number of primary amides is 1. The normalized spacial score (nSPS) is 10.1. The molecule has 0 saturated heterocycles. The maximum atomic E-state index is 11.2. The summed E-state index contributed by atoms with van der Waals surface area (Å²) < 4.78 is 5.58. The lowest BCUT2D eigenvalue weighted by Gasteiger charge is -2.08. The fourth-order valence-electron chi connectivity index (χ4n) is 1.68. The van der Waals surface area contributed by atoms with Gasteiger partial charge in [0.05, 0.1) is 10.6 Å². The first kappa shape index (κ1) is 13.2. The number of amides is 1. The van der Waals surface area contributed by atoms with E-state index in [1.807, 2.05) is 24.3 Å². The molecule has 0 unspecified atom stereocenters. The van der Waals surface area contributed by atoms with Crippen molar-refractivity contribution in [2.75, 3.05) is 12.3 Å². The molecular weight excluding hydrogens is 260 g/mol. The number of benzene rings is 1. The van der Waals surface area contributed by atoms with Crippen LogP contribution in [0.1, 0.15) is 10.4 Å². The summed E-state index contributed by atoms with van der Waals surface area (Å²) in [7, 11) is 0. The zero-order valence-corrected chi connectivity index (χ0v) is 11.1. The minimum Gasteiger partial charge on any atom is -0.489 e. The summed E-state index contributed by atoms with van der Waals surface area (Å²) in [6, 6.07) is 9.25. The minimum absolute atomic E-state index is 0.346. The number of ether oxygens (including phenoxy) is 1. The first-order valence-electron chi connectivity index (χ1n) is 5.65. The predicted molar refractivity (Wildman–Crippen MR) is 78.4 cm³/mol. The van der Waals surface area contributed by atoms with Gasteiger partial charge in [-0.25, -0.2) is 0 Å². The first-order chi connectivity index (χ1) is 9.13. The van der Waals surface area contributed by atoms with Crippen molar-refractivity contribution in [1.82, 2.24) is 0 Å². The first-order valence-corrected chi connectivity index (χ1v) is 6.47. The highest BCUT2D eigenvalue weighted by atomic mass is 32.1. The van der Waals surface area contributed by atoms with Gasteiger partial charge in [-0.05, 0) is 18.2 Å².